The van der Waals surface area contributed by atoms with Crippen LogP contribution in [0.1, 0.15) is 33.1 Å². The van der Waals surface area contributed by atoms with E-state index in [0.717, 1.165) is 11.8 Å². The van der Waals surface area contributed by atoms with Gasteiger partial charge < -0.3 is 5.32 Å². The normalized spacial score (nSPS) is 35.4. The van der Waals surface area contributed by atoms with E-state index in [1.165, 1.54) is 32.4 Å². The summed E-state index contributed by atoms with van der Waals surface area (Å²) in [6, 6.07) is 0. The number of rotatable bonds is 1. The van der Waals surface area contributed by atoms with Gasteiger partial charge in [0.2, 0.25) is 0 Å². The molecule has 0 amide bonds. The topological polar surface area (TPSA) is 12.0 Å². The van der Waals surface area contributed by atoms with Gasteiger partial charge in [-0.05, 0) is 37.8 Å². The molecule has 1 aliphatic rings. The van der Waals surface area contributed by atoms with E-state index >= 15 is 0 Å². The first-order valence-corrected chi connectivity index (χ1v) is 4.55. The zero-order chi connectivity index (χ0) is 7.40. The van der Waals surface area contributed by atoms with Crippen LogP contribution in [0.5, 0.6) is 0 Å². The van der Waals surface area contributed by atoms with Gasteiger partial charge in [-0.1, -0.05) is 20.3 Å². The van der Waals surface area contributed by atoms with Crippen LogP contribution in [-0.2, 0) is 0 Å². The molecule has 0 spiro atoms. The average molecular weight is 141 g/mol. The molecule has 10 heavy (non-hydrogen) atoms. The Kier molecular flexibility index (Phi) is 3.20. The molecule has 2 unspecified atom stereocenters. The summed E-state index contributed by atoms with van der Waals surface area (Å²) >= 11 is 0. The molecule has 0 bridgehead atoms. The minimum atomic E-state index is 0.933. The fourth-order valence-electron chi connectivity index (χ4n) is 1.82. The lowest BCUT2D eigenvalue weighted by atomic mass is 9.89. The summed E-state index contributed by atoms with van der Waals surface area (Å²) in [4.78, 5) is 0. The van der Waals surface area contributed by atoms with Crippen molar-refractivity contribution in [3.63, 3.8) is 0 Å². The van der Waals surface area contributed by atoms with Crippen LogP contribution < -0.4 is 5.32 Å². The molecule has 1 rings (SSSR count). The van der Waals surface area contributed by atoms with Crippen molar-refractivity contribution >= 4 is 0 Å². The molecule has 1 heterocycles. The van der Waals surface area contributed by atoms with Gasteiger partial charge in [-0.2, -0.15) is 0 Å². The summed E-state index contributed by atoms with van der Waals surface area (Å²) in [5.74, 6) is 1.88. The molecule has 2 atom stereocenters. The van der Waals surface area contributed by atoms with Crippen LogP contribution in [0.25, 0.3) is 0 Å². The first-order chi connectivity index (χ1) is 4.84. The molecule has 0 aromatic rings. The molecule has 60 valence electrons. The Morgan fingerprint density at radius 1 is 1.50 bits per heavy atom. The van der Waals surface area contributed by atoms with Crippen molar-refractivity contribution in [1.82, 2.24) is 5.32 Å². The Morgan fingerprint density at radius 3 is 3.00 bits per heavy atom. The maximum absolute atomic E-state index is 3.48. The standard InChI is InChI=1S/C9H19N/c1-3-9-7-10-6-4-5-8(9)2/h8-10H,3-7H2,1-2H3. The maximum atomic E-state index is 3.48. The lowest BCUT2D eigenvalue weighted by Gasteiger charge is -2.18. The van der Waals surface area contributed by atoms with Crippen molar-refractivity contribution in [2.45, 2.75) is 33.1 Å². The summed E-state index contributed by atoms with van der Waals surface area (Å²) in [7, 11) is 0. The van der Waals surface area contributed by atoms with E-state index in [1.807, 2.05) is 0 Å². The van der Waals surface area contributed by atoms with Gasteiger partial charge >= 0.3 is 0 Å². The number of hydrogen-bond acceptors (Lipinski definition) is 1. The van der Waals surface area contributed by atoms with E-state index in [-0.39, 0.29) is 0 Å². The van der Waals surface area contributed by atoms with Gasteiger partial charge in [0.15, 0.2) is 0 Å². The maximum Gasteiger partial charge on any atom is -0.00181 e. The van der Waals surface area contributed by atoms with Crippen LogP contribution in [0, 0.1) is 11.8 Å². The van der Waals surface area contributed by atoms with Gasteiger partial charge in [0, 0.05) is 0 Å². The van der Waals surface area contributed by atoms with Crippen molar-refractivity contribution in [2.24, 2.45) is 11.8 Å². The zero-order valence-electron chi connectivity index (χ0n) is 7.19. The van der Waals surface area contributed by atoms with Crippen molar-refractivity contribution < 1.29 is 0 Å². The summed E-state index contributed by atoms with van der Waals surface area (Å²) in [6.45, 7) is 7.17. The smallest absolute Gasteiger partial charge is 0.00181 e. The highest BCUT2D eigenvalue weighted by atomic mass is 14.9. The van der Waals surface area contributed by atoms with Gasteiger partial charge in [0.05, 0.1) is 0 Å². The zero-order valence-corrected chi connectivity index (χ0v) is 7.19. The largest absolute Gasteiger partial charge is 0.316 e. The van der Waals surface area contributed by atoms with Crippen molar-refractivity contribution in [3.05, 3.63) is 0 Å². The molecular formula is C9H19N. The quantitative estimate of drug-likeness (QED) is 0.589. The Hall–Kier alpha value is -0.0400. The summed E-state index contributed by atoms with van der Waals surface area (Å²) in [5.41, 5.74) is 0. The highest BCUT2D eigenvalue weighted by molar-refractivity contribution is 4.71. The highest BCUT2D eigenvalue weighted by Crippen LogP contribution is 2.21. The van der Waals surface area contributed by atoms with Gasteiger partial charge in [-0.3, -0.25) is 0 Å². The minimum absolute atomic E-state index is 0.933. The van der Waals surface area contributed by atoms with Gasteiger partial charge in [0.1, 0.15) is 0 Å². The Labute approximate surface area is 64.2 Å². The number of nitrogens with one attached hydrogen (secondary N) is 1. The highest BCUT2D eigenvalue weighted by Gasteiger charge is 2.16. The van der Waals surface area contributed by atoms with Gasteiger partial charge in [0.25, 0.3) is 0 Å². The predicted octanol–water partition coefficient (Wildman–Crippen LogP) is 2.03. The van der Waals surface area contributed by atoms with Crippen LogP contribution in [0.2, 0.25) is 0 Å². The third kappa shape index (κ3) is 1.98. The van der Waals surface area contributed by atoms with E-state index < -0.39 is 0 Å². The molecular weight excluding hydrogens is 122 g/mol. The lowest BCUT2D eigenvalue weighted by molar-refractivity contribution is 0.344. The molecule has 1 heteroatoms. The van der Waals surface area contributed by atoms with Crippen LogP contribution in [0.4, 0.5) is 0 Å². The molecule has 1 fully saturated rings. The monoisotopic (exact) mass is 141 g/mol. The molecule has 0 aliphatic carbocycles. The van der Waals surface area contributed by atoms with E-state index in [4.69, 9.17) is 0 Å². The van der Waals surface area contributed by atoms with Crippen LogP contribution in [0.3, 0.4) is 0 Å². The summed E-state index contributed by atoms with van der Waals surface area (Å²) in [5, 5.41) is 3.48. The first kappa shape index (κ1) is 8.06. The van der Waals surface area contributed by atoms with E-state index in [0.29, 0.717) is 0 Å². The fourth-order valence-corrected chi connectivity index (χ4v) is 1.82. The number of hydrogen-bond donors (Lipinski definition) is 1. The predicted molar refractivity (Wildman–Crippen MR) is 45.0 cm³/mol. The molecule has 0 saturated carbocycles. The molecule has 0 aromatic carbocycles. The Morgan fingerprint density at radius 2 is 2.30 bits per heavy atom. The fraction of sp³-hybridized carbons (Fsp3) is 1.00. The third-order valence-corrected chi connectivity index (χ3v) is 2.75. The third-order valence-electron chi connectivity index (χ3n) is 2.75. The van der Waals surface area contributed by atoms with E-state index in [9.17, 15) is 0 Å². The van der Waals surface area contributed by atoms with Gasteiger partial charge in [-0.15, -0.1) is 0 Å². The second-order valence-corrected chi connectivity index (χ2v) is 3.49. The molecule has 0 aromatic heterocycles. The van der Waals surface area contributed by atoms with E-state index in [2.05, 4.69) is 19.2 Å². The molecule has 1 aliphatic heterocycles. The summed E-state index contributed by atoms with van der Waals surface area (Å²) < 4.78 is 0. The van der Waals surface area contributed by atoms with E-state index in [1.54, 1.807) is 0 Å². The second-order valence-electron chi connectivity index (χ2n) is 3.49. The van der Waals surface area contributed by atoms with Crippen LogP contribution in [0.15, 0.2) is 0 Å². The van der Waals surface area contributed by atoms with Crippen LogP contribution in [-0.4, -0.2) is 13.1 Å². The van der Waals surface area contributed by atoms with Crippen molar-refractivity contribution in [3.8, 4) is 0 Å². The lowest BCUT2D eigenvalue weighted by Crippen LogP contribution is -2.22. The SMILES string of the molecule is CCC1CNCCCC1C. The van der Waals surface area contributed by atoms with Crippen molar-refractivity contribution in [2.75, 3.05) is 13.1 Å². The van der Waals surface area contributed by atoms with Gasteiger partial charge in [-0.25, -0.2) is 0 Å². The Balaban J connectivity index is 2.35. The molecule has 1 N–H and O–H groups in total. The molecule has 0 radical (unpaired) electrons. The van der Waals surface area contributed by atoms with Crippen LogP contribution >= 0.6 is 0 Å². The average Bonchev–Trinajstić information content (AvgIpc) is 2.13. The summed E-state index contributed by atoms with van der Waals surface area (Å²) in [6.07, 6.45) is 4.14. The first-order valence-electron chi connectivity index (χ1n) is 4.55. The molecule has 1 nitrogen and oxygen atoms in total. The Bertz CT molecular complexity index is 90.7. The van der Waals surface area contributed by atoms with Crippen molar-refractivity contribution in [1.29, 1.82) is 0 Å². The second kappa shape index (κ2) is 3.97. The molecule has 1 saturated heterocycles. The minimum Gasteiger partial charge on any atom is -0.316 e.